The van der Waals surface area contributed by atoms with Gasteiger partial charge in [-0.05, 0) is 62.1 Å². The van der Waals surface area contributed by atoms with Gasteiger partial charge in [0, 0.05) is 18.7 Å². The molecular formula is C25H28N2O3S. The predicted molar refractivity (Wildman–Crippen MR) is 125 cm³/mol. The summed E-state index contributed by atoms with van der Waals surface area (Å²) in [6, 6.07) is 23.5. The van der Waals surface area contributed by atoms with E-state index in [1.54, 1.807) is 24.3 Å². The lowest BCUT2D eigenvalue weighted by atomic mass is 10.1. The number of amides is 1. The van der Waals surface area contributed by atoms with Gasteiger partial charge in [-0.15, -0.1) is 0 Å². The summed E-state index contributed by atoms with van der Waals surface area (Å²) in [5.74, 6) is -0.281. The first-order valence-corrected chi connectivity index (χ1v) is 11.7. The zero-order valence-electron chi connectivity index (χ0n) is 18.1. The van der Waals surface area contributed by atoms with Crippen LogP contribution in [-0.2, 0) is 16.4 Å². The number of para-hydroxylation sites is 1. The zero-order chi connectivity index (χ0) is 22.4. The lowest BCUT2D eigenvalue weighted by Gasteiger charge is -2.21. The first kappa shape index (κ1) is 22.6. The molecule has 0 fully saturated rings. The minimum absolute atomic E-state index is 0.0392. The van der Waals surface area contributed by atoms with Crippen LogP contribution in [0.25, 0.3) is 0 Å². The van der Waals surface area contributed by atoms with Gasteiger partial charge in [0.1, 0.15) is 0 Å². The van der Waals surface area contributed by atoms with E-state index in [1.165, 1.54) is 29.0 Å². The Balaban J connectivity index is 1.71. The van der Waals surface area contributed by atoms with Crippen molar-refractivity contribution in [1.29, 1.82) is 0 Å². The molecule has 0 aliphatic carbocycles. The number of rotatable bonds is 8. The van der Waals surface area contributed by atoms with Gasteiger partial charge in [-0.1, -0.05) is 54.6 Å². The number of aryl methyl sites for hydroxylation is 2. The number of sulfonamides is 1. The van der Waals surface area contributed by atoms with Gasteiger partial charge >= 0.3 is 0 Å². The molecule has 3 aromatic carbocycles. The standard InChI is InChI=1S/C25H28N2O3S/c1-19-10-7-8-15-24(19)27(3)31(29,30)23-14-9-13-22(18-23)25(28)26-20(2)16-17-21-11-5-4-6-12-21/h4-15,18,20H,16-17H2,1-3H3,(H,26,28)/t20-/m0/s1. The maximum atomic E-state index is 13.1. The quantitative estimate of drug-likeness (QED) is 0.562. The number of anilines is 1. The number of carbonyl (C=O) groups excluding carboxylic acids is 1. The Bertz CT molecular complexity index is 1140. The van der Waals surface area contributed by atoms with Gasteiger partial charge in [-0.25, -0.2) is 8.42 Å². The van der Waals surface area contributed by atoms with Crippen molar-refractivity contribution in [2.45, 2.75) is 37.6 Å². The van der Waals surface area contributed by atoms with Gasteiger partial charge in [0.05, 0.1) is 10.6 Å². The lowest BCUT2D eigenvalue weighted by molar-refractivity contribution is 0.0938. The topological polar surface area (TPSA) is 66.5 Å². The molecule has 1 atom stereocenters. The summed E-state index contributed by atoms with van der Waals surface area (Å²) in [6.07, 6.45) is 1.65. The maximum Gasteiger partial charge on any atom is 0.264 e. The van der Waals surface area contributed by atoms with Crippen LogP contribution >= 0.6 is 0 Å². The van der Waals surface area contributed by atoms with E-state index in [0.29, 0.717) is 11.3 Å². The van der Waals surface area contributed by atoms with Crippen molar-refractivity contribution < 1.29 is 13.2 Å². The number of hydrogen-bond donors (Lipinski definition) is 1. The summed E-state index contributed by atoms with van der Waals surface area (Å²) < 4.78 is 27.5. The van der Waals surface area contributed by atoms with Crippen LogP contribution in [0.1, 0.15) is 34.8 Å². The van der Waals surface area contributed by atoms with Crippen molar-refractivity contribution in [3.8, 4) is 0 Å². The molecule has 0 heterocycles. The van der Waals surface area contributed by atoms with Crippen molar-refractivity contribution in [1.82, 2.24) is 5.32 Å². The molecule has 1 N–H and O–H groups in total. The monoisotopic (exact) mass is 436 g/mol. The molecule has 31 heavy (non-hydrogen) atoms. The smallest absolute Gasteiger partial charge is 0.264 e. The molecule has 0 unspecified atom stereocenters. The Morgan fingerprint density at radius 1 is 0.968 bits per heavy atom. The van der Waals surface area contributed by atoms with Crippen molar-refractivity contribution in [3.63, 3.8) is 0 Å². The van der Waals surface area contributed by atoms with Gasteiger partial charge in [-0.2, -0.15) is 0 Å². The highest BCUT2D eigenvalue weighted by Crippen LogP contribution is 2.25. The van der Waals surface area contributed by atoms with E-state index < -0.39 is 10.0 Å². The van der Waals surface area contributed by atoms with E-state index in [1.807, 2.05) is 44.2 Å². The van der Waals surface area contributed by atoms with Gasteiger partial charge in [0.15, 0.2) is 0 Å². The van der Waals surface area contributed by atoms with Gasteiger partial charge < -0.3 is 5.32 Å². The van der Waals surface area contributed by atoms with Gasteiger partial charge in [0.25, 0.3) is 15.9 Å². The molecule has 3 rings (SSSR count). The second-order valence-corrected chi connectivity index (χ2v) is 9.65. The first-order chi connectivity index (χ1) is 14.8. The molecule has 0 saturated carbocycles. The molecule has 0 aromatic heterocycles. The number of hydrogen-bond acceptors (Lipinski definition) is 3. The van der Waals surface area contributed by atoms with E-state index in [2.05, 4.69) is 17.4 Å². The summed E-state index contributed by atoms with van der Waals surface area (Å²) in [5, 5.41) is 2.97. The van der Waals surface area contributed by atoms with E-state index in [9.17, 15) is 13.2 Å². The fourth-order valence-corrected chi connectivity index (χ4v) is 4.72. The lowest BCUT2D eigenvalue weighted by Crippen LogP contribution is -2.33. The number of nitrogens with one attached hydrogen (secondary N) is 1. The number of nitrogens with zero attached hydrogens (tertiary/aromatic N) is 1. The highest BCUT2D eigenvalue weighted by Gasteiger charge is 2.23. The van der Waals surface area contributed by atoms with Gasteiger partial charge in [-0.3, -0.25) is 9.10 Å². The van der Waals surface area contributed by atoms with E-state index in [0.717, 1.165) is 18.4 Å². The Morgan fingerprint density at radius 3 is 2.35 bits per heavy atom. The third-order valence-corrected chi connectivity index (χ3v) is 7.06. The van der Waals surface area contributed by atoms with Crippen LogP contribution in [0.15, 0.2) is 83.8 Å². The average molecular weight is 437 g/mol. The first-order valence-electron chi connectivity index (χ1n) is 10.3. The third-order valence-electron chi connectivity index (χ3n) is 5.30. The predicted octanol–water partition coefficient (Wildman–Crippen LogP) is 4.57. The number of carbonyl (C=O) groups is 1. The molecule has 0 spiro atoms. The molecule has 5 nitrogen and oxygen atoms in total. The summed E-state index contributed by atoms with van der Waals surface area (Å²) in [7, 11) is -2.27. The van der Waals surface area contributed by atoms with Crippen molar-refractivity contribution in [3.05, 3.63) is 95.6 Å². The fourth-order valence-electron chi connectivity index (χ4n) is 3.41. The molecule has 0 saturated heterocycles. The fraction of sp³-hybridized carbons (Fsp3) is 0.240. The van der Waals surface area contributed by atoms with Crippen LogP contribution in [0.2, 0.25) is 0 Å². The zero-order valence-corrected chi connectivity index (χ0v) is 18.9. The summed E-state index contributed by atoms with van der Waals surface area (Å²) in [6.45, 7) is 3.81. The third kappa shape index (κ3) is 5.52. The minimum Gasteiger partial charge on any atom is -0.350 e. The minimum atomic E-state index is -3.79. The van der Waals surface area contributed by atoms with Crippen LogP contribution < -0.4 is 9.62 Å². The second kappa shape index (κ2) is 9.79. The van der Waals surface area contributed by atoms with Crippen LogP contribution in [0.3, 0.4) is 0 Å². The van der Waals surface area contributed by atoms with Crippen molar-refractivity contribution >= 4 is 21.6 Å². The highest BCUT2D eigenvalue weighted by atomic mass is 32.2. The summed E-state index contributed by atoms with van der Waals surface area (Å²) in [5.41, 5.74) is 3.00. The van der Waals surface area contributed by atoms with Crippen molar-refractivity contribution in [2.24, 2.45) is 0 Å². The maximum absolute atomic E-state index is 13.1. The van der Waals surface area contributed by atoms with Crippen LogP contribution in [0.5, 0.6) is 0 Å². The molecule has 0 radical (unpaired) electrons. The van der Waals surface area contributed by atoms with Gasteiger partial charge in [0.2, 0.25) is 0 Å². The Morgan fingerprint density at radius 2 is 1.65 bits per heavy atom. The molecular weight excluding hydrogens is 408 g/mol. The molecule has 6 heteroatoms. The second-order valence-electron chi connectivity index (χ2n) is 7.69. The Hall–Kier alpha value is -3.12. The molecule has 0 bridgehead atoms. The summed E-state index contributed by atoms with van der Waals surface area (Å²) >= 11 is 0. The largest absolute Gasteiger partial charge is 0.350 e. The molecule has 3 aromatic rings. The van der Waals surface area contributed by atoms with E-state index in [4.69, 9.17) is 0 Å². The Labute approximate surface area is 184 Å². The highest BCUT2D eigenvalue weighted by molar-refractivity contribution is 7.92. The molecule has 0 aliphatic heterocycles. The Kier molecular flexibility index (Phi) is 7.13. The van der Waals surface area contributed by atoms with E-state index in [-0.39, 0.29) is 16.8 Å². The van der Waals surface area contributed by atoms with Crippen molar-refractivity contribution in [2.75, 3.05) is 11.4 Å². The normalized spacial score (nSPS) is 12.2. The van der Waals surface area contributed by atoms with Crippen LogP contribution in [0, 0.1) is 6.92 Å². The van der Waals surface area contributed by atoms with Crippen LogP contribution in [0.4, 0.5) is 5.69 Å². The summed E-state index contributed by atoms with van der Waals surface area (Å²) in [4.78, 5) is 12.8. The average Bonchev–Trinajstić information content (AvgIpc) is 2.78. The SMILES string of the molecule is Cc1ccccc1N(C)S(=O)(=O)c1cccc(C(=O)N[C@@H](C)CCc2ccccc2)c1. The van der Waals surface area contributed by atoms with E-state index >= 15 is 0 Å². The molecule has 0 aliphatic rings. The van der Waals surface area contributed by atoms with Crippen LogP contribution in [-0.4, -0.2) is 27.4 Å². The number of benzene rings is 3. The molecule has 1 amide bonds. The molecule has 162 valence electrons.